The quantitative estimate of drug-likeness (QED) is 0.831. The summed E-state index contributed by atoms with van der Waals surface area (Å²) in [6.45, 7) is 0.296. The van der Waals surface area contributed by atoms with E-state index >= 15 is 0 Å². The fourth-order valence-electron chi connectivity index (χ4n) is 1.84. The minimum Gasteiger partial charge on any atom is -0.380 e. The maximum atomic E-state index is 13.7. The van der Waals surface area contributed by atoms with Crippen molar-refractivity contribution in [1.82, 2.24) is 0 Å². The molecule has 0 fully saturated rings. The van der Waals surface area contributed by atoms with Crippen LogP contribution < -0.4 is 11.1 Å². The molecule has 0 aliphatic rings. The molecular formula is C15H15FN2OS. The SMILES string of the molecule is CSc1ccccc1NCc1cc(C(N)=O)ccc1F. The van der Waals surface area contributed by atoms with Crippen molar-refractivity contribution in [3.8, 4) is 0 Å². The number of carbonyl (C=O) groups excluding carboxylic acids is 1. The third kappa shape index (κ3) is 3.30. The van der Waals surface area contributed by atoms with Crippen molar-refractivity contribution in [2.75, 3.05) is 11.6 Å². The number of primary amides is 1. The molecule has 0 aliphatic carbocycles. The van der Waals surface area contributed by atoms with Crippen molar-refractivity contribution in [3.63, 3.8) is 0 Å². The minimum absolute atomic E-state index is 0.296. The molecule has 0 atom stereocenters. The Morgan fingerprint density at radius 2 is 2.05 bits per heavy atom. The van der Waals surface area contributed by atoms with Crippen LogP contribution in [0, 0.1) is 5.82 Å². The second-order valence-corrected chi connectivity index (χ2v) is 5.07. The number of hydrogen-bond donors (Lipinski definition) is 2. The molecule has 1 amide bonds. The topological polar surface area (TPSA) is 55.1 Å². The predicted molar refractivity (Wildman–Crippen MR) is 80.5 cm³/mol. The zero-order valence-corrected chi connectivity index (χ0v) is 11.8. The second-order valence-electron chi connectivity index (χ2n) is 4.22. The first-order valence-corrected chi connectivity index (χ1v) is 7.29. The van der Waals surface area contributed by atoms with Crippen molar-refractivity contribution in [2.45, 2.75) is 11.4 Å². The standard InChI is InChI=1S/C15H15FN2OS/c1-20-14-5-3-2-4-13(14)18-9-11-8-10(15(17)19)6-7-12(11)16/h2-8,18H,9H2,1H3,(H2,17,19). The molecule has 0 aliphatic heterocycles. The Bertz CT molecular complexity index is 631. The van der Waals surface area contributed by atoms with Crippen molar-refractivity contribution in [1.29, 1.82) is 0 Å². The molecule has 0 unspecified atom stereocenters. The zero-order valence-electron chi connectivity index (χ0n) is 11.0. The third-order valence-corrected chi connectivity index (χ3v) is 3.70. The molecule has 3 N–H and O–H groups in total. The highest BCUT2D eigenvalue weighted by Crippen LogP contribution is 2.25. The molecule has 5 heteroatoms. The zero-order chi connectivity index (χ0) is 14.5. The van der Waals surface area contributed by atoms with Crippen molar-refractivity contribution < 1.29 is 9.18 Å². The summed E-state index contributed by atoms with van der Waals surface area (Å²) in [6.07, 6.45) is 1.98. The number of nitrogens with one attached hydrogen (secondary N) is 1. The molecule has 0 heterocycles. The van der Waals surface area contributed by atoms with Crippen LogP contribution in [0.3, 0.4) is 0 Å². The van der Waals surface area contributed by atoms with E-state index in [1.54, 1.807) is 11.8 Å². The van der Waals surface area contributed by atoms with Crippen molar-refractivity contribution in [3.05, 3.63) is 59.4 Å². The Kier molecular flexibility index (Phi) is 4.63. The highest BCUT2D eigenvalue weighted by Gasteiger charge is 2.08. The van der Waals surface area contributed by atoms with Gasteiger partial charge in [-0.15, -0.1) is 11.8 Å². The van der Waals surface area contributed by atoms with E-state index < -0.39 is 5.91 Å². The Balaban J connectivity index is 2.18. The molecule has 104 valence electrons. The molecule has 2 aromatic rings. The largest absolute Gasteiger partial charge is 0.380 e. The number of anilines is 1. The number of nitrogens with two attached hydrogens (primary N) is 1. The van der Waals surface area contributed by atoms with Gasteiger partial charge in [0, 0.05) is 28.3 Å². The van der Waals surface area contributed by atoms with Gasteiger partial charge < -0.3 is 11.1 Å². The van der Waals surface area contributed by atoms with E-state index in [9.17, 15) is 9.18 Å². The fraction of sp³-hybridized carbons (Fsp3) is 0.133. The van der Waals surface area contributed by atoms with Crippen LogP contribution in [0.1, 0.15) is 15.9 Å². The van der Waals surface area contributed by atoms with E-state index in [4.69, 9.17) is 5.73 Å². The number of thioether (sulfide) groups is 1. The predicted octanol–water partition coefficient (Wildman–Crippen LogP) is 3.26. The first kappa shape index (κ1) is 14.4. The van der Waals surface area contributed by atoms with E-state index in [0.29, 0.717) is 17.7 Å². The Morgan fingerprint density at radius 1 is 1.30 bits per heavy atom. The van der Waals surface area contributed by atoms with Gasteiger partial charge in [0.1, 0.15) is 5.82 Å². The number of amides is 1. The Hall–Kier alpha value is -2.01. The lowest BCUT2D eigenvalue weighted by molar-refractivity contribution is 0.1000. The third-order valence-electron chi connectivity index (χ3n) is 2.91. The summed E-state index contributed by atoms with van der Waals surface area (Å²) in [5, 5.41) is 3.17. The lowest BCUT2D eigenvalue weighted by Crippen LogP contribution is -2.12. The highest BCUT2D eigenvalue weighted by atomic mass is 32.2. The molecule has 0 saturated carbocycles. The smallest absolute Gasteiger partial charge is 0.248 e. The van der Waals surface area contributed by atoms with Crippen LogP contribution in [0.4, 0.5) is 10.1 Å². The lowest BCUT2D eigenvalue weighted by atomic mass is 10.1. The summed E-state index contributed by atoms with van der Waals surface area (Å²) < 4.78 is 13.7. The molecule has 0 saturated heterocycles. The summed E-state index contributed by atoms with van der Waals surface area (Å²) in [5.41, 5.74) is 6.86. The van der Waals surface area contributed by atoms with Gasteiger partial charge in [-0.3, -0.25) is 4.79 Å². The Labute approximate surface area is 121 Å². The average Bonchev–Trinajstić information content (AvgIpc) is 2.46. The summed E-state index contributed by atoms with van der Waals surface area (Å²) in [4.78, 5) is 12.2. The number of carbonyl (C=O) groups is 1. The minimum atomic E-state index is -0.559. The number of benzene rings is 2. The van der Waals surface area contributed by atoms with Gasteiger partial charge in [0.15, 0.2) is 0 Å². The van der Waals surface area contributed by atoms with Gasteiger partial charge in [0.25, 0.3) is 0 Å². The van der Waals surface area contributed by atoms with Gasteiger partial charge in [0.05, 0.1) is 0 Å². The van der Waals surface area contributed by atoms with Crippen LogP contribution in [0.2, 0.25) is 0 Å². The maximum Gasteiger partial charge on any atom is 0.248 e. The van der Waals surface area contributed by atoms with E-state index in [1.807, 2.05) is 30.5 Å². The first-order chi connectivity index (χ1) is 9.61. The number of halogens is 1. The normalized spacial score (nSPS) is 10.3. The van der Waals surface area contributed by atoms with E-state index in [1.165, 1.54) is 18.2 Å². The van der Waals surface area contributed by atoms with Gasteiger partial charge in [-0.05, 0) is 36.6 Å². The summed E-state index contributed by atoms with van der Waals surface area (Å²) in [5.74, 6) is -0.917. The molecular weight excluding hydrogens is 275 g/mol. The van der Waals surface area contributed by atoms with Crippen molar-refractivity contribution in [2.24, 2.45) is 5.73 Å². The monoisotopic (exact) mass is 290 g/mol. The van der Waals surface area contributed by atoms with Crippen LogP contribution in [0.25, 0.3) is 0 Å². The molecule has 20 heavy (non-hydrogen) atoms. The molecule has 3 nitrogen and oxygen atoms in total. The van der Waals surface area contributed by atoms with Crippen LogP contribution in [0.15, 0.2) is 47.4 Å². The molecule has 0 aromatic heterocycles. The van der Waals surface area contributed by atoms with Gasteiger partial charge >= 0.3 is 0 Å². The number of hydrogen-bond acceptors (Lipinski definition) is 3. The molecule has 2 aromatic carbocycles. The second kappa shape index (κ2) is 6.43. The fourth-order valence-corrected chi connectivity index (χ4v) is 2.42. The molecule has 2 rings (SSSR count). The lowest BCUT2D eigenvalue weighted by Gasteiger charge is -2.11. The van der Waals surface area contributed by atoms with Crippen LogP contribution in [-0.4, -0.2) is 12.2 Å². The molecule has 0 spiro atoms. The van der Waals surface area contributed by atoms with Gasteiger partial charge in [-0.2, -0.15) is 0 Å². The van der Waals surface area contributed by atoms with Gasteiger partial charge in [0.2, 0.25) is 5.91 Å². The van der Waals surface area contributed by atoms with E-state index in [2.05, 4.69) is 5.32 Å². The van der Waals surface area contributed by atoms with Gasteiger partial charge in [-0.1, -0.05) is 12.1 Å². The van der Waals surface area contributed by atoms with Crippen LogP contribution >= 0.6 is 11.8 Å². The highest BCUT2D eigenvalue weighted by molar-refractivity contribution is 7.98. The summed E-state index contributed by atoms with van der Waals surface area (Å²) >= 11 is 1.61. The number of rotatable bonds is 5. The number of para-hydroxylation sites is 1. The van der Waals surface area contributed by atoms with E-state index in [-0.39, 0.29) is 5.82 Å². The summed E-state index contributed by atoms with van der Waals surface area (Å²) in [7, 11) is 0. The maximum absolute atomic E-state index is 13.7. The van der Waals surface area contributed by atoms with E-state index in [0.717, 1.165) is 10.6 Å². The molecule has 0 bridgehead atoms. The average molecular weight is 290 g/mol. The first-order valence-electron chi connectivity index (χ1n) is 6.07. The van der Waals surface area contributed by atoms with Crippen LogP contribution in [0.5, 0.6) is 0 Å². The molecule has 0 radical (unpaired) electrons. The summed E-state index contributed by atoms with van der Waals surface area (Å²) in [6, 6.07) is 11.9. The van der Waals surface area contributed by atoms with Crippen LogP contribution in [-0.2, 0) is 6.54 Å². The van der Waals surface area contributed by atoms with Crippen molar-refractivity contribution >= 4 is 23.4 Å². The Morgan fingerprint density at radius 3 is 2.75 bits per heavy atom. The van der Waals surface area contributed by atoms with Gasteiger partial charge in [-0.25, -0.2) is 4.39 Å².